The average molecular weight is 414 g/mol. The van der Waals surface area contributed by atoms with Crippen LogP contribution in [0.1, 0.15) is 35.8 Å². The zero-order valence-electron chi connectivity index (χ0n) is 16.0. The number of tetrazole rings is 1. The lowest BCUT2D eigenvalue weighted by molar-refractivity contribution is -0.124. The van der Waals surface area contributed by atoms with E-state index < -0.39 is 6.04 Å². The fourth-order valence-electron chi connectivity index (χ4n) is 3.60. The standard InChI is InChI=1S/C21H21ClFN5O/c1-14-25-26-27-28(14)19(12-15-3-2-4-18(23)11-15)20(29)24-13-21(9-10-21)16-5-7-17(22)8-6-16/h2-8,11,19H,9-10,12-13H2,1H3,(H,24,29). The Morgan fingerprint density at radius 1 is 1.28 bits per heavy atom. The van der Waals surface area contributed by atoms with Crippen molar-refractivity contribution in [3.05, 3.63) is 76.3 Å². The Labute approximate surface area is 173 Å². The van der Waals surface area contributed by atoms with Gasteiger partial charge in [-0.15, -0.1) is 5.10 Å². The van der Waals surface area contributed by atoms with Crippen LogP contribution < -0.4 is 5.32 Å². The number of carbonyl (C=O) groups excluding carboxylic acids is 1. The molecule has 1 saturated carbocycles. The van der Waals surface area contributed by atoms with E-state index in [0.29, 0.717) is 29.4 Å². The Morgan fingerprint density at radius 2 is 2.03 bits per heavy atom. The molecule has 1 atom stereocenters. The Bertz CT molecular complexity index is 1020. The summed E-state index contributed by atoms with van der Waals surface area (Å²) >= 11 is 5.99. The van der Waals surface area contributed by atoms with Crippen molar-refractivity contribution >= 4 is 17.5 Å². The van der Waals surface area contributed by atoms with E-state index in [9.17, 15) is 9.18 Å². The highest BCUT2D eigenvalue weighted by molar-refractivity contribution is 6.30. The van der Waals surface area contributed by atoms with Crippen molar-refractivity contribution in [3.63, 3.8) is 0 Å². The molecule has 1 aromatic heterocycles. The second-order valence-electron chi connectivity index (χ2n) is 7.53. The van der Waals surface area contributed by atoms with E-state index in [0.717, 1.165) is 12.8 Å². The van der Waals surface area contributed by atoms with Gasteiger partial charge in [-0.2, -0.15) is 0 Å². The molecule has 4 rings (SSSR count). The van der Waals surface area contributed by atoms with Crippen LogP contribution in [0.15, 0.2) is 48.5 Å². The second kappa shape index (κ2) is 7.91. The van der Waals surface area contributed by atoms with Gasteiger partial charge in [-0.25, -0.2) is 9.07 Å². The van der Waals surface area contributed by atoms with Gasteiger partial charge in [-0.3, -0.25) is 4.79 Å². The normalized spacial score (nSPS) is 15.7. The summed E-state index contributed by atoms with van der Waals surface area (Å²) in [5.41, 5.74) is 1.82. The third-order valence-corrected chi connectivity index (χ3v) is 5.74. The summed E-state index contributed by atoms with van der Waals surface area (Å²) in [6.45, 7) is 2.26. The van der Waals surface area contributed by atoms with Crippen molar-refractivity contribution in [2.24, 2.45) is 0 Å². The van der Waals surface area contributed by atoms with Gasteiger partial charge in [-0.1, -0.05) is 35.9 Å². The van der Waals surface area contributed by atoms with Gasteiger partial charge < -0.3 is 5.32 Å². The van der Waals surface area contributed by atoms with Crippen LogP contribution in [0.5, 0.6) is 0 Å². The molecule has 0 saturated heterocycles. The van der Waals surface area contributed by atoms with E-state index in [1.54, 1.807) is 19.1 Å². The van der Waals surface area contributed by atoms with Crippen LogP contribution in [0, 0.1) is 12.7 Å². The fourth-order valence-corrected chi connectivity index (χ4v) is 3.73. The fraction of sp³-hybridized carbons (Fsp3) is 0.333. The van der Waals surface area contributed by atoms with Crippen molar-refractivity contribution in [1.29, 1.82) is 0 Å². The molecule has 29 heavy (non-hydrogen) atoms. The van der Waals surface area contributed by atoms with E-state index in [-0.39, 0.29) is 17.1 Å². The summed E-state index contributed by atoms with van der Waals surface area (Å²) in [5.74, 6) is 0.0000522. The number of carbonyl (C=O) groups is 1. The third kappa shape index (κ3) is 4.29. The molecule has 0 radical (unpaired) electrons. The van der Waals surface area contributed by atoms with E-state index in [2.05, 4.69) is 20.8 Å². The van der Waals surface area contributed by atoms with Gasteiger partial charge in [0, 0.05) is 23.4 Å². The Balaban J connectivity index is 1.51. The Kier molecular flexibility index (Phi) is 5.32. The number of hydrogen-bond acceptors (Lipinski definition) is 4. The van der Waals surface area contributed by atoms with Crippen LogP contribution in [0.3, 0.4) is 0 Å². The minimum Gasteiger partial charge on any atom is -0.353 e. The lowest BCUT2D eigenvalue weighted by Gasteiger charge is -2.21. The van der Waals surface area contributed by atoms with Crippen molar-refractivity contribution in [2.75, 3.05) is 6.54 Å². The topological polar surface area (TPSA) is 72.7 Å². The minimum absolute atomic E-state index is 0.0562. The molecule has 0 spiro atoms. The molecule has 3 aromatic rings. The van der Waals surface area contributed by atoms with Gasteiger partial charge in [0.2, 0.25) is 5.91 Å². The second-order valence-corrected chi connectivity index (χ2v) is 7.96. The number of halogens is 2. The highest BCUT2D eigenvalue weighted by Crippen LogP contribution is 2.47. The number of benzene rings is 2. The number of amides is 1. The molecule has 1 amide bonds. The molecule has 6 nitrogen and oxygen atoms in total. The number of hydrogen-bond donors (Lipinski definition) is 1. The predicted octanol–water partition coefficient (Wildman–Crippen LogP) is 3.41. The molecule has 1 aliphatic rings. The minimum atomic E-state index is -0.659. The molecule has 2 aromatic carbocycles. The summed E-state index contributed by atoms with van der Waals surface area (Å²) in [4.78, 5) is 13.1. The molecule has 1 fully saturated rings. The van der Waals surface area contributed by atoms with Crippen LogP contribution in [-0.4, -0.2) is 32.7 Å². The van der Waals surface area contributed by atoms with Gasteiger partial charge in [0.15, 0.2) is 0 Å². The lowest BCUT2D eigenvalue weighted by atomic mass is 9.95. The van der Waals surface area contributed by atoms with Crippen LogP contribution in [0.2, 0.25) is 5.02 Å². The SMILES string of the molecule is Cc1nnnn1C(Cc1cccc(F)c1)C(=O)NCC1(c2ccc(Cl)cc2)CC1. The first-order valence-corrected chi connectivity index (χ1v) is 9.87. The smallest absolute Gasteiger partial charge is 0.245 e. The number of nitrogens with zero attached hydrogens (tertiary/aromatic N) is 4. The van der Waals surface area contributed by atoms with Gasteiger partial charge >= 0.3 is 0 Å². The van der Waals surface area contributed by atoms with Crippen LogP contribution in [0.4, 0.5) is 4.39 Å². The summed E-state index contributed by atoms with van der Waals surface area (Å²) in [5, 5.41) is 15.3. The maximum absolute atomic E-state index is 13.6. The molecule has 0 aliphatic heterocycles. The molecule has 1 unspecified atom stereocenters. The van der Waals surface area contributed by atoms with Crippen LogP contribution >= 0.6 is 11.6 Å². The highest BCUT2D eigenvalue weighted by atomic mass is 35.5. The van der Waals surface area contributed by atoms with Crippen molar-refractivity contribution in [3.8, 4) is 0 Å². The first-order chi connectivity index (χ1) is 14.0. The first-order valence-electron chi connectivity index (χ1n) is 9.49. The van der Waals surface area contributed by atoms with Gasteiger partial charge in [0.1, 0.15) is 17.7 Å². The molecular formula is C21H21ClFN5O. The molecule has 1 N–H and O–H groups in total. The predicted molar refractivity (Wildman–Crippen MR) is 107 cm³/mol. The van der Waals surface area contributed by atoms with Crippen LogP contribution in [0.25, 0.3) is 0 Å². The average Bonchev–Trinajstić information content (AvgIpc) is 3.38. The Hall–Kier alpha value is -2.80. The van der Waals surface area contributed by atoms with E-state index in [4.69, 9.17) is 11.6 Å². The molecule has 1 aliphatic carbocycles. The zero-order valence-corrected chi connectivity index (χ0v) is 16.7. The lowest BCUT2D eigenvalue weighted by Crippen LogP contribution is -2.39. The molecule has 150 valence electrons. The van der Waals surface area contributed by atoms with Crippen molar-refractivity contribution in [2.45, 2.75) is 37.6 Å². The maximum atomic E-state index is 13.6. The van der Waals surface area contributed by atoms with Gasteiger partial charge in [0.25, 0.3) is 0 Å². The summed E-state index contributed by atoms with van der Waals surface area (Å²) < 4.78 is 15.1. The third-order valence-electron chi connectivity index (χ3n) is 5.48. The molecule has 1 heterocycles. The number of aryl methyl sites for hydroxylation is 1. The summed E-state index contributed by atoms with van der Waals surface area (Å²) in [6.07, 6.45) is 2.31. The Morgan fingerprint density at radius 3 is 2.66 bits per heavy atom. The first kappa shape index (κ1) is 19.5. The number of nitrogens with one attached hydrogen (secondary N) is 1. The molecule has 8 heteroatoms. The van der Waals surface area contributed by atoms with E-state index in [1.165, 1.54) is 22.4 Å². The van der Waals surface area contributed by atoms with Gasteiger partial charge in [-0.05, 0) is 65.6 Å². The molecule has 0 bridgehead atoms. The zero-order chi connectivity index (χ0) is 20.4. The van der Waals surface area contributed by atoms with Crippen LogP contribution in [-0.2, 0) is 16.6 Å². The van der Waals surface area contributed by atoms with E-state index in [1.807, 2.05) is 24.3 Å². The highest BCUT2D eigenvalue weighted by Gasteiger charge is 2.44. The van der Waals surface area contributed by atoms with Crippen molar-refractivity contribution in [1.82, 2.24) is 25.5 Å². The number of rotatable bonds is 7. The van der Waals surface area contributed by atoms with Crippen molar-refractivity contribution < 1.29 is 9.18 Å². The van der Waals surface area contributed by atoms with Gasteiger partial charge in [0.05, 0.1) is 0 Å². The molecular weight excluding hydrogens is 393 g/mol. The summed E-state index contributed by atoms with van der Waals surface area (Å²) in [6, 6.07) is 13.3. The van der Waals surface area contributed by atoms with E-state index >= 15 is 0 Å². The maximum Gasteiger partial charge on any atom is 0.245 e. The quantitative estimate of drug-likeness (QED) is 0.644. The monoisotopic (exact) mass is 413 g/mol. The summed E-state index contributed by atoms with van der Waals surface area (Å²) in [7, 11) is 0. The largest absolute Gasteiger partial charge is 0.353 e. The number of aromatic nitrogens is 4.